The molecule has 27 heavy (non-hydrogen) atoms. The Morgan fingerprint density at radius 1 is 1.15 bits per heavy atom. The molecule has 1 N–H and O–H groups in total. The summed E-state index contributed by atoms with van der Waals surface area (Å²) >= 11 is 0. The molecule has 2 rings (SSSR count). The standard InChI is InChI=1S/C20H32N4O3/c1-5-22(14-19(25)21-16(2)3)15-20(26)24-12-10-23(11-13-24)17-8-6-7-9-18(17)27-4/h6-9,16H,5,10-15H2,1-4H3,(H,21,25). The number of anilines is 1. The summed E-state index contributed by atoms with van der Waals surface area (Å²) in [5, 5.41) is 2.87. The molecule has 0 spiro atoms. The lowest BCUT2D eigenvalue weighted by atomic mass is 10.2. The predicted molar refractivity (Wildman–Crippen MR) is 107 cm³/mol. The molecule has 1 aromatic rings. The van der Waals surface area contributed by atoms with E-state index in [1.807, 2.05) is 54.8 Å². The molecule has 0 unspecified atom stereocenters. The monoisotopic (exact) mass is 376 g/mol. The molecule has 0 atom stereocenters. The minimum Gasteiger partial charge on any atom is -0.495 e. The Morgan fingerprint density at radius 2 is 1.81 bits per heavy atom. The first kappa shape index (κ1) is 21.0. The second-order valence-electron chi connectivity index (χ2n) is 7.07. The molecule has 1 saturated heterocycles. The highest BCUT2D eigenvalue weighted by Crippen LogP contribution is 2.28. The van der Waals surface area contributed by atoms with Gasteiger partial charge in [0.25, 0.3) is 0 Å². The van der Waals surface area contributed by atoms with E-state index in [1.165, 1.54) is 0 Å². The number of likely N-dealkylation sites (N-methyl/N-ethyl adjacent to an activating group) is 1. The highest BCUT2D eigenvalue weighted by Gasteiger charge is 2.24. The number of nitrogens with zero attached hydrogens (tertiary/aromatic N) is 3. The lowest BCUT2D eigenvalue weighted by Gasteiger charge is -2.37. The molecule has 150 valence electrons. The number of methoxy groups -OCH3 is 1. The summed E-state index contributed by atoms with van der Waals surface area (Å²) in [7, 11) is 1.67. The highest BCUT2D eigenvalue weighted by atomic mass is 16.5. The van der Waals surface area contributed by atoms with Gasteiger partial charge in [0.2, 0.25) is 11.8 Å². The number of carbonyl (C=O) groups excluding carboxylic acids is 2. The largest absolute Gasteiger partial charge is 0.495 e. The van der Waals surface area contributed by atoms with Gasteiger partial charge >= 0.3 is 0 Å². The van der Waals surface area contributed by atoms with Crippen LogP contribution in [0.2, 0.25) is 0 Å². The molecule has 1 aliphatic heterocycles. The van der Waals surface area contributed by atoms with E-state index in [4.69, 9.17) is 4.74 Å². The average molecular weight is 377 g/mol. The first-order valence-electron chi connectivity index (χ1n) is 9.62. The van der Waals surface area contributed by atoms with Gasteiger partial charge in [-0.3, -0.25) is 14.5 Å². The van der Waals surface area contributed by atoms with Crippen molar-refractivity contribution < 1.29 is 14.3 Å². The van der Waals surface area contributed by atoms with E-state index in [-0.39, 0.29) is 30.9 Å². The highest BCUT2D eigenvalue weighted by molar-refractivity contribution is 5.81. The number of benzene rings is 1. The van der Waals surface area contributed by atoms with Gasteiger partial charge in [-0.15, -0.1) is 0 Å². The summed E-state index contributed by atoms with van der Waals surface area (Å²) in [4.78, 5) is 30.6. The summed E-state index contributed by atoms with van der Waals surface area (Å²) in [6.07, 6.45) is 0. The first-order chi connectivity index (χ1) is 12.9. The molecule has 1 aromatic carbocycles. The normalized spacial score (nSPS) is 14.6. The third kappa shape index (κ3) is 6.13. The molecule has 7 heteroatoms. The number of piperazine rings is 1. The number of hydrogen-bond acceptors (Lipinski definition) is 5. The van der Waals surface area contributed by atoms with Crippen molar-refractivity contribution in [1.82, 2.24) is 15.1 Å². The fraction of sp³-hybridized carbons (Fsp3) is 0.600. The maximum absolute atomic E-state index is 12.6. The van der Waals surface area contributed by atoms with Crippen molar-refractivity contribution in [1.29, 1.82) is 0 Å². The lowest BCUT2D eigenvalue weighted by molar-refractivity contribution is -0.133. The molecule has 2 amide bonds. The molecular weight excluding hydrogens is 344 g/mol. The number of hydrogen-bond donors (Lipinski definition) is 1. The number of nitrogens with one attached hydrogen (secondary N) is 1. The van der Waals surface area contributed by atoms with Crippen molar-refractivity contribution in [2.45, 2.75) is 26.8 Å². The molecule has 0 aromatic heterocycles. The molecule has 1 fully saturated rings. The third-order valence-electron chi connectivity index (χ3n) is 4.68. The van der Waals surface area contributed by atoms with Gasteiger partial charge in [0, 0.05) is 32.2 Å². The number of carbonyl (C=O) groups is 2. The maximum Gasteiger partial charge on any atom is 0.236 e. The summed E-state index contributed by atoms with van der Waals surface area (Å²) in [6.45, 7) is 9.91. The van der Waals surface area contributed by atoms with E-state index in [9.17, 15) is 9.59 Å². The smallest absolute Gasteiger partial charge is 0.236 e. The van der Waals surface area contributed by atoms with Crippen LogP contribution in [0.15, 0.2) is 24.3 Å². The molecule has 7 nitrogen and oxygen atoms in total. The minimum absolute atomic E-state index is 0.0411. The van der Waals surface area contributed by atoms with Gasteiger partial charge in [0.05, 0.1) is 25.9 Å². The zero-order valence-electron chi connectivity index (χ0n) is 16.9. The molecule has 1 aliphatic rings. The third-order valence-corrected chi connectivity index (χ3v) is 4.68. The van der Waals surface area contributed by atoms with Crippen LogP contribution in [-0.4, -0.2) is 80.6 Å². The van der Waals surface area contributed by atoms with Crippen LogP contribution < -0.4 is 15.0 Å². The summed E-state index contributed by atoms with van der Waals surface area (Å²) in [6, 6.07) is 8.06. The van der Waals surface area contributed by atoms with Crippen molar-refractivity contribution in [3.63, 3.8) is 0 Å². The zero-order valence-corrected chi connectivity index (χ0v) is 16.9. The van der Waals surface area contributed by atoms with Crippen molar-refractivity contribution in [3.05, 3.63) is 24.3 Å². The molecule has 1 heterocycles. The van der Waals surface area contributed by atoms with E-state index in [2.05, 4.69) is 10.2 Å². The molecule has 0 bridgehead atoms. The van der Waals surface area contributed by atoms with Crippen molar-refractivity contribution in [2.24, 2.45) is 0 Å². The Morgan fingerprint density at radius 3 is 2.41 bits per heavy atom. The van der Waals surface area contributed by atoms with Crippen LogP contribution in [0.3, 0.4) is 0 Å². The van der Waals surface area contributed by atoms with Crippen LogP contribution in [0, 0.1) is 0 Å². The Hall–Kier alpha value is -2.28. The van der Waals surface area contributed by atoms with Crippen LogP contribution in [0.25, 0.3) is 0 Å². The zero-order chi connectivity index (χ0) is 19.8. The van der Waals surface area contributed by atoms with E-state index in [0.29, 0.717) is 19.6 Å². The number of para-hydroxylation sites is 2. The summed E-state index contributed by atoms with van der Waals surface area (Å²) < 4.78 is 5.44. The average Bonchev–Trinajstić information content (AvgIpc) is 2.66. The molecular formula is C20H32N4O3. The SMILES string of the molecule is CCN(CC(=O)NC(C)C)CC(=O)N1CCN(c2ccccc2OC)CC1. The topological polar surface area (TPSA) is 65.1 Å². The van der Waals surface area contributed by atoms with E-state index in [0.717, 1.165) is 24.5 Å². The predicted octanol–water partition coefficient (Wildman–Crippen LogP) is 1.19. The minimum atomic E-state index is -0.0411. The molecule has 0 saturated carbocycles. The quantitative estimate of drug-likeness (QED) is 0.738. The molecule has 0 radical (unpaired) electrons. The fourth-order valence-electron chi connectivity index (χ4n) is 3.23. The lowest BCUT2D eigenvalue weighted by Crippen LogP contribution is -2.52. The number of rotatable bonds is 8. The number of amides is 2. The Bertz CT molecular complexity index is 627. The fourth-order valence-corrected chi connectivity index (χ4v) is 3.23. The first-order valence-corrected chi connectivity index (χ1v) is 9.62. The van der Waals surface area contributed by atoms with Crippen molar-refractivity contribution in [3.8, 4) is 5.75 Å². The van der Waals surface area contributed by atoms with Gasteiger partial charge in [-0.05, 0) is 32.5 Å². The van der Waals surface area contributed by atoms with E-state index >= 15 is 0 Å². The van der Waals surface area contributed by atoms with Crippen LogP contribution >= 0.6 is 0 Å². The Labute approximate surface area is 162 Å². The Kier molecular flexibility index (Phi) is 7.91. The van der Waals surface area contributed by atoms with Crippen molar-refractivity contribution in [2.75, 3.05) is 57.8 Å². The van der Waals surface area contributed by atoms with Crippen LogP contribution in [-0.2, 0) is 9.59 Å². The van der Waals surface area contributed by atoms with E-state index < -0.39 is 0 Å². The van der Waals surface area contributed by atoms with Crippen LogP contribution in [0.4, 0.5) is 5.69 Å². The molecule has 0 aliphatic carbocycles. The van der Waals surface area contributed by atoms with Gasteiger partial charge in [-0.25, -0.2) is 0 Å². The summed E-state index contributed by atoms with van der Waals surface area (Å²) in [5.74, 6) is 0.889. The van der Waals surface area contributed by atoms with Crippen molar-refractivity contribution >= 4 is 17.5 Å². The summed E-state index contributed by atoms with van der Waals surface area (Å²) in [5.41, 5.74) is 1.06. The van der Waals surface area contributed by atoms with E-state index in [1.54, 1.807) is 7.11 Å². The second-order valence-corrected chi connectivity index (χ2v) is 7.07. The van der Waals surface area contributed by atoms with Gasteiger partial charge in [-0.1, -0.05) is 19.1 Å². The van der Waals surface area contributed by atoms with Gasteiger partial charge < -0.3 is 19.9 Å². The van der Waals surface area contributed by atoms with Gasteiger partial charge in [-0.2, -0.15) is 0 Å². The van der Waals surface area contributed by atoms with Gasteiger partial charge in [0.15, 0.2) is 0 Å². The number of ether oxygens (including phenoxy) is 1. The van der Waals surface area contributed by atoms with Crippen LogP contribution in [0.1, 0.15) is 20.8 Å². The second kappa shape index (κ2) is 10.2. The van der Waals surface area contributed by atoms with Gasteiger partial charge in [0.1, 0.15) is 5.75 Å². The maximum atomic E-state index is 12.6. The Balaban J connectivity index is 1.85. The van der Waals surface area contributed by atoms with Crippen LogP contribution in [0.5, 0.6) is 5.75 Å².